The Morgan fingerprint density at radius 3 is 0.980 bits per heavy atom. The molecular formula is C46H39N2P. The molecular weight excluding hydrogens is 611 g/mol. The van der Waals surface area contributed by atoms with Crippen molar-refractivity contribution >= 4 is 80.3 Å². The molecule has 0 aliphatic carbocycles. The van der Waals surface area contributed by atoms with Crippen LogP contribution >= 0.6 is 8.58 Å². The molecule has 0 heterocycles. The molecule has 8 aromatic rings. The van der Waals surface area contributed by atoms with Gasteiger partial charge in [0.15, 0.2) is 0 Å². The molecule has 3 heteroatoms. The van der Waals surface area contributed by atoms with E-state index in [1.54, 1.807) is 0 Å². The summed E-state index contributed by atoms with van der Waals surface area (Å²) in [6.07, 6.45) is 0. The highest BCUT2D eigenvalue weighted by Crippen LogP contribution is 2.47. The molecule has 0 radical (unpaired) electrons. The third-order valence-electron chi connectivity index (χ3n) is 9.61. The largest absolute Gasteiger partial charge is 0.310 e. The molecule has 8 aromatic carbocycles. The standard InChI is InChI=1S/C46H39N2P/c1-31-13-19-34(20-14-31)47(35-21-15-32(2)16-22-35)45-29-43-40-10-6-8-12-42(40)46(30-44(43)39-9-5-7-11-41(39)45)48(36-23-17-33(3)18-24-36)37-25-27-38(49-4)28-26-37/h5-30,49H,1-4H3. The SMILES string of the molecule is CPc1ccc(N(c2ccc(C)cc2)c2cc3c4ccccc4c(N(c4ccc(C)cc4)c4ccc(C)cc4)cc3c3ccccc23)cc1. The van der Waals surface area contributed by atoms with Gasteiger partial charge in [0.25, 0.3) is 0 Å². The maximum absolute atomic E-state index is 2.43. The van der Waals surface area contributed by atoms with E-state index in [1.165, 1.54) is 65.7 Å². The zero-order valence-corrected chi connectivity index (χ0v) is 29.4. The Morgan fingerprint density at radius 2 is 0.653 bits per heavy atom. The van der Waals surface area contributed by atoms with Crippen LogP contribution in [0.3, 0.4) is 0 Å². The fourth-order valence-electron chi connectivity index (χ4n) is 7.00. The predicted octanol–water partition coefficient (Wildman–Crippen LogP) is 12.9. The molecule has 1 unspecified atom stereocenters. The quantitative estimate of drug-likeness (QED) is 0.125. The summed E-state index contributed by atoms with van der Waals surface area (Å²) in [5.41, 5.74) is 10.7. The molecule has 0 saturated carbocycles. The molecule has 2 nitrogen and oxygen atoms in total. The Kier molecular flexibility index (Phi) is 8.12. The summed E-state index contributed by atoms with van der Waals surface area (Å²) in [4.78, 5) is 4.84. The number of benzene rings is 8. The lowest BCUT2D eigenvalue weighted by molar-refractivity contribution is 1.28. The lowest BCUT2D eigenvalue weighted by atomic mass is 9.93. The van der Waals surface area contributed by atoms with E-state index in [0.717, 1.165) is 31.3 Å². The van der Waals surface area contributed by atoms with E-state index in [2.05, 4.69) is 195 Å². The van der Waals surface area contributed by atoms with Crippen LogP contribution in [-0.2, 0) is 0 Å². The molecule has 0 aromatic heterocycles. The van der Waals surface area contributed by atoms with E-state index < -0.39 is 0 Å². The van der Waals surface area contributed by atoms with E-state index in [1.807, 2.05) is 0 Å². The molecule has 0 saturated heterocycles. The fourth-order valence-corrected chi connectivity index (χ4v) is 7.50. The molecule has 1 atom stereocenters. The topological polar surface area (TPSA) is 6.48 Å². The maximum Gasteiger partial charge on any atom is 0.0546 e. The van der Waals surface area contributed by atoms with Gasteiger partial charge in [-0.05, 0) is 115 Å². The zero-order valence-electron chi connectivity index (χ0n) is 28.4. The van der Waals surface area contributed by atoms with Gasteiger partial charge in [-0.15, -0.1) is 0 Å². The summed E-state index contributed by atoms with van der Waals surface area (Å²) in [5, 5.41) is 8.74. The molecule has 0 bridgehead atoms. The van der Waals surface area contributed by atoms with Crippen LogP contribution in [0.4, 0.5) is 34.1 Å². The lowest BCUT2D eigenvalue weighted by Crippen LogP contribution is -2.12. The van der Waals surface area contributed by atoms with Gasteiger partial charge in [-0.3, -0.25) is 0 Å². The highest BCUT2D eigenvalue weighted by molar-refractivity contribution is 7.46. The van der Waals surface area contributed by atoms with Crippen LogP contribution in [0.25, 0.3) is 32.3 Å². The molecule has 8 rings (SSSR count). The van der Waals surface area contributed by atoms with Crippen LogP contribution in [0.1, 0.15) is 16.7 Å². The van der Waals surface area contributed by atoms with Crippen LogP contribution in [-0.4, -0.2) is 6.66 Å². The van der Waals surface area contributed by atoms with Gasteiger partial charge in [0.05, 0.1) is 11.4 Å². The first-order chi connectivity index (χ1) is 24.0. The number of hydrogen-bond donors (Lipinski definition) is 0. The van der Waals surface area contributed by atoms with E-state index in [9.17, 15) is 0 Å². The van der Waals surface area contributed by atoms with Crippen LogP contribution < -0.4 is 15.1 Å². The number of rotatable bonds is 7. The second-order valence-electron chi connectivity index (χ2n) is 13.0. The third kappa shape index (κ3) is 5.73. The van der Waals surface area contributed by atoms with Crippen molar-refractivity contribution in [2.45, 2.75) is 20.8 Å². The van der Waals surface area contributed by atoms with Crippen molar-refractivity contribution in [1.82, 2.24) is 0 Å². The third-order valence-corrected chi connectivity index (χ3v) is 10.5. The summed E-state index contributed by atoms with van der Waals surface area (Å²) in [7, 11) is 0.763. The molecule has 0 fully saturated rings. The zero-order chi connectivity index (χ0) is 33.5. The molecule has 238 valence electrons. The van der Waals surface area contributed by atoms with E-state index in [-0.39, 0.29) is 0 Å². The van der Waals surface area contributed by atoms with E-state index in [4.69, 9.17) is 0 Å². The van der Waals surface area contributed by atoms with Gasteiger partial charge in [-0.2, -0.15) is 0 Å². The highest BCUT2D eigenvalue weighted by Gasteiger charge is 2.22. The summed E-state index contributed by atoms with van der Waals surface area (Å²) in [6, 6.07) is 58.4. The van der Waals surface area contributed by atoms with E-state index in [0.29, 0.717) is 0 Å². The second kappa shape index (κ2) is 12.9. The van der Waals surface area contributed by atoms with Gasteiger partial charge in [-0.25, -0.2) is 0 Å². The van der Waals surface area contributed by atoms with Crippen molar-refractivity contribution in [3.05, 3.63) is 174 Å². The second-order valence-corrected chi connectivity index (χ2v) is 14.0. The fraction of sp³-hybridized carbons (Fsp3) is 0.0870. The number of anilines is 6. The van der Waals surface area contributed by atoms with Gasteiger partial charge in [-0.1, -0.05) is 122 Å². The molecule has 0 aliphatic heterocycles. The highest BCUT2D eigenvalue weighted by atomic mass is 31.1. The minimum Gasteiger partial charge on any atom is -0.310 e. The number of hydrogen-bond acceptors (Lipinski definition) is 2. The first kappa shape index (κ1) is 30.9. The number of aryl methyl sites for hydroxylation is 3. The first-order valence-corrected chi connectivity index (χ1v) is 18.4. The van der Waals surface area contributed by atoms with Crippen molar-refractivity contribution in [1.29, 1.82) is 0 Å². The average Bonchev–Trinajstić information content (AvgIpc) is 3.14. The van der Waals surface area contributed by atoms with Crippen molar-refractivity contribution in [2.75, 3.05) is 16.5 Å². The molecule has 0 amide bonds. The molecule has 0 spiro atoms. The molecule has 49 heavy (non-hydrogen) atoms. The normalized spacial score (nSPS) is 11.6. The van der Waals surface area contributed by atoms with Gasteiger partial charge in [0.2, 0.25) is 0 Å². The Labute approximate surface area is 291 Å². The van der Waals surface area contributed by atoms with Gasteiger partial charge in [0.1, 0.15) is 0 Å². The smallest absolute Gasteiger partial charge is 0.0546 e. The number of nitrogens with zero attached hydrogens (tertiary/aromatic N) is 2. The van der Waals surface area contributed by atoms with Gasteiger partial charge in [0, 0.05) is 33.5 Å². The molecule has 0 aliphatic rings. The van der Waals surface area contributed by atoms with Gasteiger partial charge >= 0.3 is 0 Å². The van der Waals surface area contributed by atoms with Gasteiger partial charge < -0.3 is 9.80 Å². The monoisotopic (exact) mass is 650 g/mol. The Balaban J connectivity index is 1.45. The van der Waals surface area contributed by atoms with Crippen molar-refractivity contribution in [3.8, 4) is 0 Å². The van der Waals surface area contributed by atoms with Crippen LogP contribution in [0.2, 0.25) is 0 Å². The Hall–Kier alpha value is -5.43. The summed E-state index contributed by atoms with van der Waals surface area (Å²) in [5.74, 6) is 0. The summed E-state index contributed by atoms with van der Waals surface area (Å²) < 4.78 is 0. The Bertz CT molecular complexity index is 2380. The summed E-state index contributed by atoms with van der Waals surface area (Å²) in [6.45, 7) is 8.68. The minimum absolute atomic E-state index is 0.763. The maximum atomic E-state index is 2.43. The van der Waals surface area contributed by atoms with Crippen molar-refractivity contribution < 1.29 is 0 Å². The first-order valence-electron chi connectivity index (χ1n) is 16.9. The van der Waals surface area contributed by atoms with E-state index >= 15 is 0 Å². The van der Waals surface area contributed by atoms with Crippen molar-refractivity contribution in [2.24, 2.45) is 0 Å². The minimum atomic E-state index is 0.763. The predicted molar refractivity (Wildman–Crippen MR) is 216 cm³/mol. The Morgan fingerprint density at radius 1 is 0.347 bits per heavy atom. The number of fused-ring (bicyclic) bond motifs is 5. The van der Waals surface area contributed by atoms with Crippen LogP contribution in [0, 0.1) is 20.8 Å². The van der Waals surface area contributed by atoms with Crippen LogP contribution in [0.5, 0.6) is 0 Å². The summed E-state index contributed by atoms with van der Waals surface area (Å²) >= 11 is 0. The van der Waals surface area contributed by atoms with Crippen LogP contribution in [0.15, 0.2) is 158 Å². The lowest BCUT2D eigenvalue weighted by Gasteiger charge is -2.30. The molecule has 0 N–H and O–H groups in total. The average molecular weight is 651 g/mol. The van der Waals surface area contributed by atoms with Crippen molar-refractivity contribution in [3.63, 3.8) is 0 Å².